The minimum Gasteiger partial charge on any atom is -0.381 e. The van der Waals surface area contributed by atoms with Crippen molar-refractivity contribution in [1.82, 2.24) is 24.8 Å². The molecule has 0 spiro atoms. The topological polar surface area (TPSA) is 71.3 Å². The Hall–Kier alpha value is -3.19. The van der Waals surface area contributed by atoms with E-state index in [1.165, 1.54) is 16.7 Å². The molecule has 0 unspecified atom stereocenters. The summed E-state index contributed by atoms with van der Waals surface area (Å²) in [6, 6.07) is 10.8. The summed E-state index contributed by atoms with van der Waals surface area (Å²) in [6.45, 7) is 5.46. The van der Waals surface area contributed by atoms with Crippen LogP contribution in [0.3, 0.4) is 0 Å². The molecule has 5 heterocycles. The van der Waals surface area contributed by atoms with Crippen LogP contribution in [-0.2, 0) is 17.8 Å². The third kappa shape index (κ3) is 2.81. The molecule has 0 atom stereocenters. The van der Waals surface area contributed by atoms with Crippen molar-refractivity contribution >= 4 is 11.5 Å². The lowest BCUT2D eigenvalue weighted by molar-refractivity contribution is 0.0854. The van der Waals surface area contributed by atoms with Crippen molar-refractivity contribution in [1.29, 1.82) is 0 Å². The number of aryl methyl sites for hydroxylation is 1. The van der Waals surface area contributed by atoms with E-state index in [4.69, 9.17) is 14.8 Å². The summed E-state index contributed by atoms with van der Waals surface area (Å²) >= 11 is 0. The second kappa shape index (κ2) is 6.95. The smallest absolute Gasteiger partial charge is 0.161 e. The van der Waals surface area contributed by atoms with Crippen LogP contribution in [0.4, 0.5) is 5.82 Å². The largest absolute Gasteiger partial charge is 0.381 e. The Labute approximate surface area is 174 Å². The van der Waals surface area contributed by atoms with E-state index in [1.54, 1.807) is 0 Å². The molecule has 30 heavy (non-hydrogen) atoms. The molecule has 0 radical (unpaired) electrons. The van der Waals surface area contributed by atoms with Crippen molar-refractivity contribution in [3.8, 4) is 11.3 Å². The second-order valence-electron chi connectivity index (χ2n) is 8.23. The maximum atomic E-state index is 5.60. The summed E-state index contributed by atoms with van der Waals surface area (Å²) in [6.07, 6.45) is 5.81. The lowest BCUT2D eigenvalue weighted by atomic mass is 9.92. The maximum Gasteiger partial charge on any atom is 0.161 e. The van der Waals surface area contributed by atoms with Crippen LogP contribution in [0.1, 0.15) is 41.1 Å². The van der Waals surface area contributed by atoms with Crippen molar-refractivity contribution < 1.29 is 4.74 Å². The fraction of sp³-hybridized carbons (Fsp3) is 0.348. The number of fused-ring (bicyclic) bond motifs is 2. The van der Waals surface area contributed by atoms with Gasteiger partial charge in [-0.15, -0.1) is 0 Å². The molecule has 0 saturated carbocycles. The molecule has 2 aliphatic rings. The van der Waals surface area contributed by atoms with Crippen molar-refractivity contribution in [3.63, 3.8) is 0 Å². The molecule has 4 aromatic rings. The first kappa shape index (κ1) is 17.7. The van der Waals surface area contributed by atoms with Gasteiger partial charge in [-0.05, 0) is 36.8 Å². The molecule has 2 aliphatic heterocycles. The van der Waals surface area contributed by atoms with Crippen LogP contribution in [-0.4, -0.2) is 38.0 Å². The van der Waals surface area contributed by atoms with Gasteiger partial charge in [-0.1, -0.05) is 24.3 Å². The molecule has 1 fully saturated rings. The molecule has 0 bridgehead atoms. The van der Waals surface area contributed by atoms with E-state index in [0.29, 0.717) is 5.92 Å². The second-order valence-corrected chi connectivity index (χ2v) is 8.23. The zero-order valence-electron chi connectivity index (χ0n) is 17.0. The molecule has 1 aromatic carbocycles. The molecule has 6 rings (SSSR count). The quantitative estimate of drug-likeness (QED) is 0.566. The minimum atomic E-state index is 0.437. The molecule has 0 aliphatic carbocycles. The van der Waals surface area contributed by atoms with Crippen LogP contribution < -0.4 is 4.90 Å². The Bertz CT molecular complexity index is 1180. The van der Waals surface area contributed by atoms with Gasteiger partial charge in [0.05, 0.1) is 17.6 Å². The lowest BCUT2D eigenvalue weighted by Gasteiger charge is -2.22. The standard InChI is InChI=1S/C23H24N6O/c1-15-22(16-6-8-30-9-7-16)23-26-21(28-13-17-4-2-3-5-18(17)14-28)10-20(29(23)27-15)19-11-24-25-12-19/h2-5,10-12,16H,6-9,13-14H2,1H3,(H,24,25). The summed E-state index contributed by atoms with van der Waals surface area (Å²) in [7, 11) is 0. The number of H-pyrrole nitrogens is 1. The van der Waals surface area contributed by atoms with Gasteiger partial charge in [0.1, 0.15) is 5.82 Å². The van der Waals surface area contributed by atoms with E-state index in [-0.39, 0.29) is 0 Å². The number of benzene rings is 1. The normalized spacial score (nSPS) is 17.0. The predicted molar refractivity (Wildman–Crippen MR) is 114 cm³/mol. The number of anilines is 1. The van der Waals surface area contributed by atoms with E-state index in [0.717, 1.165) is 67.6 Å². The first-order valence-electron chi connectivity index (χ1n) is 10.6. The highest BCUT2D eigenvalue weighted by Crippen LogP contribution is 2.36. The van der Waals surface area contributed by atoms with Crippen molar-refractivity contribution in [2.45, 2.75) is 38.8 Å². The highest BCUT2D eigenvalue weighted by Gasteiger charge is 2.27. The molecule has 0 amide bonds. The van der Waals surface area contributed by atoms with E-state index in [9.17, 15) is 0 Å². The molecule has 152 valence electrons. The molecular weight excluding hydrogens is 376 g/mol. The van der Waals surface area contributed by atoms with Crippen LogP contribution in [0.5, 0.6) is 0 Å². The molecule has 3 aromatic heterocycles. The Balaban J connectivity index is 1.52. The number of hydrogen-bond donors (Lipinski definition) is 1. The van der Waals surface area contributed by atoms with Crippen LogP contribution in [0.25, 0.3) is 16.9 Å². The zero-order valence-corrected chi connectivity index (χ0v) is 17.0. The van der Waals surface area contributed by atoms with Gasteiger partial charge >= 0.3 is 0 Å². The Morgan fingerprint density at radius 2 is 1.87 bits per heavy atom. The summed E-state index contributed by atoms with van der Waals surface area (Å²) in [4.78, 5) is 7.51. The van der Waals surface area contributed by atoms with E-state index < -0.39 is 0 Å². The SMILES string of the molecule is Cc1nn2c(-c3cn[nH]c3)cc(N3Cc4ccccc4C3)nc2c1C1CCOCC1. The number of hydrogen-bond acceptors (Lipinski definition) is 5. The highest BCUT2D eigenvalue weighted by molar-refractivity contribution is 5.69. The average Bonchev–Trinajstić information content (AvgIpc) is 3.51. The Kier molecular flexibility index (Phi) is 4.09. The van der Waals surface area contributed by atoms with Crippen LogP contribution >= 0.6 is 0 Å². The Morgan fingerprint density at radius 1 is 1.10 bits per heavy atom. The van der Waals surface area contributed by atoms with E-state index in [2.05, 4.69) is 52.4 Å². The predicted octanol–water partition coefficient (Wildman–Crippen LogP) is 3.84. The maximum absolute atomic E-state index is 5.60. The monoisotopic (exact) mass is 400 g/mol. The summed E-state index contributed by atoms with van der Waals surface area (Å²) in [5, 5.41) is 12.0. The lowest BCUT2D eigenvalue weighted by Crippen LogP contribution is -2.18. The van der Waals surface area contributed by atoms with Gasteiger partial charge < -0.3 is 9.64 Å². The number of rotatable bonds is 3. The van der Waals surface area contributed by atoms with Gasteiger partial charge in [0.15, 0.2) is 5.65 Å². The summed E-state index contributed by atoms with van der Waals surface area (Å²) in [5.41, 5.74) is 8.06. The number of aromatic nitrogens is 5. The van der Waals surface area contributed by atoms with Crippen LogP contribution in [0.2, 0.25) is 0 Å². The van der Waals surface area contributed by atoms with Crippen LogP contribution in [0, 0.1) is 6.92 Å². The first-order chi connectivity index (χ1) is 14.8. The minimum absolute atomic E-state index is 0.437. The van der Waals surface area contributed by atoms with Crippen molar-refractivity contribution in [3.05, 3.63) is 65.1 Å². The molecular formula is C23H24N6O. The number of aromatic amines is 1. The van der Waals surface area contributed by atoms with Gasteiger partial charge in [-0.3, -0.25) is 5.10 Å². The highest BCUT2D eigenvalue weighted by atomic mass is 16.5. The average molecular weight is 400 g/mol. The van der Waals surface area contributed by atoms with E-state index >= 15 is 0 Å². The van der Waals surface area contributed by atoms with Crippen LogP contribution in [0.15, 0.2) is 42.7 Å². The zero-order chi connectivity index (χ0) is 20.1. The molecule has 7 heteroatoms. The molecule has 1 saturated heterocycles. The van der Waals surface area contributed by atoms with Gasteiger partial charge in [0.25, 0.3) is 0 Å². The fourth-order valence-corrected chi connectivity index (χ4v) is 4.84. The number of ether oxygens (including phenoxy) is 1. The van der Waals surface area contributed by atoms with Gasteiger partial charge in [0, 0.05) is 49.7 Å². The molecule has 1 N–H and O–H groups in total. The number of nitrogens with one attached hydrogen (secondary N) is 1. The van der Waals surface area contributed by atoms with Crippen molar-refractivity contribution in [2.75, 3.05) is 18.1 Å². The third-order valence-electron chi connectivity index (χ3n) is 6.38. The first-order valence-corrected chi connectivity index (χ1v) is 10.6. The molecule has 7 nitrogen and oxygen atoms in total. The van der Waals surface area contributed by atoms with E-state index in [1.807, 2.05) is 16.9 Å². The summed E-state index contributed by atoms with van der Waals surface area (Å²) in [5.74, 6) is 1.43. The van der Waals surface area contributed by atoms with Gasteiger partial charge in [0.2, 0.25) is 0 Å². The fourth-order valence-electron chi connectivity index (χ4n) is 4.84. The van der Waals surface area contributed by atoms with Gasteiger partial charge in [-0.2, -0.15) is 10.2 Å². The number of nitrogens with zero attached hydrogens (tertiary/aromatic N) is 5. The van der Waals surface area contributed by atoms with Gasteiger partial charge in [-0.25, -0.2) is 9.50 Å². The summed E-state index contributed by atoms with van der Waals surface area (Å²) < 4.78 is 7.60. The Morgan fingerprint density at radius 3 is 2.57 bits per heavy atom. The third-order valence-corrected chi connectivity index (χ3v) is 6.38. The van der Waals surface area contributed by atoms with Crippen molar-refractivity contribution in [2.24, 2.45) is 0 Å².